The van der Waals surface area contributed by atoms with Gasteiger partial charge in [-0.1, -0.05) is 12.1 Å². The van der Waals surface area contributed by atoms with E-state index in [0.29, 0.717) is 0 Å². The molecule has 0 aromatic heterocycles. The fourth-order valence-electron chi connectivity index (χ4n) is 2.08. The molecule has 0 spiro atoms. The molecule has 1 aliphatic heterocycles. The molecular formula is C12H11NO. The van der Waals surface area contributed by atoms with Gasteiger partial charge in [-0.3, -0.25) is 0 Å². The summed E-state index contributed by atoms with van der Waals surface area (Å²) in [5.41, 5.74) is 3.61. The minimum absolute atomic E-state index is 0.739. The van der Waals surface area contributed by atoms with Crippen LogP contribution in [0.2, 0.25) is 0 Å². The fraction of sp³-hybridized carbons (Fsp3) is 0.250. The van der Waals surface area contributed by atoms with Crippen molar-refractivity contribution in [1.29, 1.82) is 0 Å². The number of nitrogens with zero attached hydrogens (tertiary/aromatic N) is 1. The van der Waals surface area contributed by atoms with E-state index in [-0.39, 0.29) is 0 Å². The summed E-state index contributed by atoms with van der Waals surface area (Å²) in [6.45, 7) is 1.89. The molecule has 0 N–H and O–H groups in total. The molecule has 0 saturated heterocycles. The summed E-state index contributed by atoms with van der Waals surface area (Å²) in [5.74, 6) is 1.73. The van der Waals surface area contributed by atoms with Crippen molar-refractivity contribution in [1.82, 2.24) is 0 Å². The molecule has 1 aliphatic carbocycles. The standard InChI is InChI=1S/C12H11NO/c1-8-13-10-6-2-4-9-5-3-7-11(14-8)12(9)10/h2,4,6-7H,3,5H2,1H3. The van der Waals surface area contributed by atoms with Crippen molar-refractivity contribution in [3.8, 4) is 0 Å². The van der Waals surface area contributed by atoms with Gasteiger partial charge in [-0.2, -0.15) is 0 Å². The number of benzene rings is 1. The van der Waals surface area contributed by atoms with E-state index in [9.17, 15) is 0 Å². The molecular weight excluding hydrogens is 174 g/mol. The first-order valence-electron chi connectivity index (χ1n) is 4.90. The molecule has 3 rings (SSSR count). The van der Waals surface area contributed by atoms with Crippen LogP contribution in [0.25, 0.3) is 5.76 Å². The van der Waals surface area contributed by atoms with Gasteiger partial charge in [0.25, 0.3) is 0 Å². The normalized spacial score (nSPS) is 17.8. The molecule has 2 heteroatoms. The monoisotopic (exact) mass is 185 g/mol. The summed E-state index contributed by atoms with van der Waals surface area (Å²) < 4.78 is 5.61. The Morgan fingerprint density at radius 2 is 2.29 bits per heavy atom. The summed E-state index contributed by atoms with van der Waals surface area (Å²) in [6, 6.07) is 6.27. The van der Waals surface area contributed by atoms with Crippen molar-refractivity contribution >= 4 is 17.3 Å². The van der Waals surface area contributed by atoms with E-state index in [1.54, 1.807) is 0 Å². The van der Waals surface area contributed by atoms with Crippen molar-refractivity contribution in [3.63, 3.8) is 0 Å². The highest BCUT2D eigenvalue weighted by Crippen LogP contribution is 2.37. The van der Waals surface area contributed by atoms with Crippen molar-refractivity contribution in [3.05, 3.63) is 35.4 Å². The van der Waals surface area contributed by atoms with Crippen LogP contribution in [0.5, 0.6) is 0 Å². The second-order valence-electron chi connectivity index (χ2n) is 3.65. The number of allylic oxidation sites excluding steroid dienone is 1. The van der Waals surface area contributed by atoms with Crippen molar-refractivity contribution in [2.75, 3.05) is 0 Å². The summed E-state index contributed by atoms with van der Waals surface area (Å²) in [6.07, 6.45) is 4.33. The zero-order valence-corrected chi connectivity index (χ0v) is 8.08. The molecule has 2 nitrogen and oxygen atoms in total. The van der Waals surface area contributed by atoms with E-state index in [4.69, 9.17) is 4.74 Å². The summed E-state index contributed by atoms with van der Waals surface area (Å²) in [4.78, 5) is 4.39. The van der Waals surface area contributed by atoms with E-state index in [1.807, 2.05) is 13.0 Å². The lowest BCUT2D eigenvalue weighted by Gasteiger charge is -2.23. The predicted octanol–water partition coefficient (Wildman–Crippen LogP) is 3.05. The van der Waals surface area contributed by atoms with Gasteiger partial charge in [0.2, 0.25) is 0 Å². The third kappa shape index (κ3) is 1.00. The highest BCUT2D eigenvalue weighted by molar-refractivity contribution is 5.91. The molecule has 0 radical (unpaired) electrons. The van der Waals surface area contributed by atoms with E-state index in [2.05, 4.69) is 23.2 Å². The van der Waals surface area contributed by atoms with Crippen LogP contribution >= 0.6 is 0 Å². The van der Waals surface area contributed by atoms with Crippen LogP contribution in [0.4, 0.5) is 5.69 Å². The minimum Gasteiger partial charge on any atom is -0.443 e. The molecule has 1 aromatic rings. The topological polar surface area (TPSA) is 21.6 Å². The molecule has 0 amide bonds. The summed E-state index contributed by atoms with van der Waals surface area (Å²) in [5, 5.41) is 0. The van der Waals surface area contributed by atoms with Gasteiger partial charge in [0.05, 0.1) is 5.69 Å². The minimum atomic E-state index is 0.739. The third-order valence-corrected chi connectivity index (χ3v) is 2.65. The maximum Gasteiger partial charge on any atom is 0.192 e. The van der Waals surface area contributed by atoms with Crippen molar-refractivity contribution in [2.45, 2.75) is 19.8 Å². The number of hydrogen-bond acceptors (Lipinski definition) is 2. The molecule has 0 bridgehead atoms. The Hall–Kier alpha value is -1.57. The molecule has 2 aliphatic rings. The van der Waals surface area contributed by atoms with E-state index in [0.717, 1.165) is 30.2 Å². The van der Waals surface area contributed by atoms with Crippen LogP contribution in [-0.2, 0) is 11.2 Å². The highest BCUT2D eigenvalue weighted by atomic mass is 16.5. The lowest BCUT2D eigenvalue weighted by Crippen LogP contribution is -2.10. The molecule has 14 heavy (non-hydrogen) atoms. The summed E-state index contributed by atoms with van der Waals surface area (Å²) >= 11 is 0. The molecule has 0 atom stereocenters. The van der Waals surface area contributed by atoms with Gasteiger partial charge < -0.3 is 4.74 Å². The van der Waals surface area contributed by atoms with Gasteiger partial charge in [0.15, 0.2) is 5.90 Å². The Labute approximate surface area is 82.9 Å². The van der Waals surface area contributed by atoms with Gasteiger partial charge in [-0.25, -0.2) is 4.99 Å². The zero-order valence-electron chi connectivity index (χ0n) is 8.08. The van der Waals surface area contributed by atoms with Crippen LogP contribution in [0.3, 0.4) is 0 Å². The van der Waals surface area contributed by atoms with Gasteiger partial charge in [0.1, 0.15) is 5.76 Å². The number of rotatable bonds is 0. The molecule has 1 heterocycles. The molecule has 0 fully saturated rings. The average Bonchev–Trinajstić information content (AvgIpc) is 2.18. The lowest BCUT2D eigenvalue weighted by molar-refractivity contribution is 0.491. The number of ether oxygens (including phenoxy) is 1. The van der Waals surface area contributed by atoms with Gasteiger partial charge in [0, 0.05) is 12.5 Å². The second kappa shape index (κ2) is 2.71. The number of aryl methyl sites for hydroxylation is 1. The first-order chi connectivity index (χ1) is 6.84. The van der Waals surface area contributed by atoms with E-state index < -0.39 is 0 Å². The highest BCUT2D eigenvalue weighted by Gasteiger charge is 2.21. The molecule has 1 aromatic carbocycles. The zero-order chi connectivity index (χ0) is 9.54. The largest absolute Gasteiger partial charge is 0.443 e. The van der Waals surface area contributed by atoms with Crippen LogP contribution in [-0.4, -0.2) is 5.90 Å². The van der Waals surface area contributed by atoms with Crippen molar-refractivity contribution in [2.24, 2.45) is 4.99 Å². The first-order valence-corrected chi connectivity index (χ1v) is 4.90. The van der Waals surface area contributed by atoms with Crippen LogP contribution in [0.1, 0.15) is 24.5 Å². The predicted molar refractivity (Wildman–Crippen MR) is 56.6 cm³/mol. The Morgan fingerprint density at radius 1 is 1.36 bits per heavy atom. The van der Waals surface area contributed by atoms with E-state index in [1.165, 1.54) is 11.1 Å². The van der Waals surface area contributed by atoms with Crippen molar-refractivity contribution < 1.29 is 4.74 Å². The van der Waals surface area contributed by atoms with Gasteiger partial charge in [-0.15, -0.1) is 0 Å². The molecule has 0 unspecified atom stereocenters. The van der Waals surface area contributed by atoms with Gasteiger partial charge >= 0.3 is 0 Å². The smallest absolute Gasteiger partial charge is 0.192 e. The Kier molecular flexibility index (Phi) is 1.51. The summed E-state index contributed by atoms with van der Waals surface area (Å²) in [7, 11) is 0. The molecule has 70 valence electrons. The second-order valence-corrected chi connectivity index (χ2v) is 3.65. The Bertz CT molecular complexity index is 457. The maximum atomic E-state index is 5.61. The van der Waals surface area contributed by atoms with Crippen LogP contribution in [0.15, 0.2) is 29.3 Å². The number of hydrogen-bond donors (Lipinski definition) is 0. The SMILES string of the molecule is CC1=Nc2cccc3c2C(=CCC3)O1. The Morgan fingerprint density at radius 3 is 3.21 bits per heavy atom. The van der Waals surface area contributed by atoms with Crippen LogP contribution < -0.4 is 0 Å². The fourth-order valence-corrected chi connectivity index (χ4v) is 2.08. The maximum absolute atomic E-state index is 5.61. The Balaban J connectivity index is 2.32. The lowest BCUT2D eigenvalue weighted by atomic mass is 9.94. The average molecular weight is 185 g/mol. The van der Waals surface area contributed by atoms with Gasteiger partial charge in [-0.05, 0) is 30.5 Å². The van der Waals surface area contributed by atoms with E-state index >= 15 is 0 Å². The molecule has 0 saturated carbocycles. The number of aliphatic imine (C=N–C) groups is 1. The first kappa shape index (κ1) is 7.80. The van der Waals surface area contributed by atoms with Crippen LogP contribution in [0, 0.1) is 0 Å². The quantitative estimate of drug-likeness (QED) is 0.608. The third-order valence-electron chi connectivity index (χ3n) is 2.65.